The van der Waals surface area contributed by atoms with Gasteiger partial charge in [0.05, 0.1) is 11.4 Å². The summed E-state index contributed by atoms with van der Waals surface area (Å²) in [5.74, 6) is -1.23. The SMILES string of the molecule is CCCS(=O)(=O)N(CC(=O)O)c1ccccc1. The van der Waals surface area contributed by atoms with Gasteiger partial charge in [-0.05, 0) is 18.6 Å². The monoisotopic (exact) mass is 257 g/mol. The number of hydrogen-bond donors (Lipinski definition) is 1. The first-order chi connectivity index (χ1) is 7.97. The van der Waals surface area contributed by atoms with Crippen LogP contribution in [0.3, 0.4) is 0 Å². The van der Waals surface area contributed by atoms with E-state index in [2.05, 4.69) is 0 Å². The first-order valence-corrected chi connectivity index (χ1v) is 6.85. The van der Waals surface area contributed by atoms with E-state index in [1.165, 1.54) is 0 Å². The fourth-order valence-corrected chi connectivity index (χ4v) is 2.92. The molecule has 0 saturated heterocycles. The predicted octanol–water partition coefficient (Wildman–Crippen LogP) is 1.32. The first kappa shape index (κ1) is 13.5. The van der Waals surface area contributed by atoms with Crippen LogP contribution in [0.2, 0.25) is 0 Å². The summed E-state index contributed by atoms with van der Waals surface area (Å²) >= 11 is 0. The molecule has 0 saturated carbocycles. The van der Waals surface area contributed by atoms with Crippen molar-refractivity contribution in [1.29, 1.82) is 0 Å². The number of carboxylic acid groups (broad SMARTS) is 1. The second-order valence-corrected chi connectivity index (χ2v) is 5.56. The third-order valence-corrected chi connectivity index (χ3v) is 4.06. The fraction of sp³-hybridized carbons (Fsp3) is 0.364. The maximum absolute atomic E-state index is 11.9. The second-order valence-electron chi connectivity index (χ2n) is 3.55. The van der Waals surface area contributed by atoms with Crippen LogP contribution >= 0.6 is 0 Å². The number of benzene rings is 1. The minimum absolute atomic E-state index is 0.0603. The summed E-state index contributed by atoms with van der Waals surface area (Å²) < 4.78 is 24.8. The van der Waals surface area contributed by atoms with Gasteiger partial charge in [0.15, 0.2) is 0 Å². The number of sulfonamides is 1. The molecule has 0 aliphatic carbocycles. The van der Waals surface area contributed by atoms with Gasteiger partial charge in [-0.15, -0.1) is 0 Å². The standard InChI is InChI=1S/C11H15NO4S/c1-2-8-17(15,16)12(9-11(13)14)10-6-4-3-5-7-10/h3-7H,2,8-9H2,1H3,(H,13,14). The zero-order chi connectivity index (χ0) is 12.9. The highest BCUT2D eigenvalue weighted by Gasteiger charge is 2.23. The number of hydrogen-bond acceptors (Lipinski definition) is 3. The van der Waals surface area contributed by atoms with Crippen molar-refractivity contribution in [3.05, 3.63) is 30.3 Å². The molecule has 0 fully saturated rings. The Morgan fingerprint density at radius 3 is 2.35 bits per heavy atom. The Kier molecular flexibility index (Phi) is 4.51. The van der Waals surface area contributed by atoms with E-state index in [0.29, 0.717) is 12.1 Å². The molecule has 0 atom stereocenters. The van der Waals surface area contributed by atoms with Crippen LogP contribution in [-0.4, -0.2) is 31.8 Å². The lowest BCUT2D eigenvalue weighted by Crippen LogP contribution is -2.37. The minimum Gasteiger partial charge on any atom is -0.480 e. The summed E-state index contributed by atoms with van der Waals surface area (Å²) in [5, 5.41) is 8.77. The van der Waals surface area contributed by atoms with Crippen LogP contribution in [0, 0.1) is 0 Å². The number of anilines is 1. The Morgan fingerprint density at radius 1 is 1.29 bits per heavy atom. The number of rotatable bonds is 6. The summed E-state index contributed by atoms with van der Waals surface area (Å²) in [7, 11) is -3.57. The van der Waals surface area contributed by atoms with Crippen LogP contribution in [0.4, 0.5) is 5.69 Å². The molecule has 0 unspecified atom stereocenters. The molecule has 0 spiro atoms. The number of aliphatic carboxylic acids is 1. The van der Waals surface area contributed by atoms with E-state index in [1.54, 1.807) is 37.3 Å². The lowest BCUT2D eigenvalue weighted by molar-refractivity contribution is -0.135. The van der Waals surface area contributed by atoms with E-state index in [1.807, 2.05) is 0 Å². The Morgan fingerprint density at radius 2 is 1.88 bits per heavy atom. The average molecular weight is 257 g/mol. The Bertz CT molecular complexity index is 470. The van der Waals surface area contributed by atoms with Gasteiger partial charge in [0.1, 0.15) is 6.54 Å². The van der Waals surface area contributed by atoms with Gasteiger partial charge in [-0.2, -0.15) is 0 Å². The third kappa shape index (κ3) is 3.74. The molecule has 0 heterocycles. The molecule has 0 aliphatic heterocycles. The highest BCUT2D eigenvalue weighted by Crippen LogP contribution is 2.17. The molecular formula is C11H15NO4S. The Balaban J connectivity index is 3.09. The highest BCUT2D eigenvalue weighted by atomic mass is 32.2. The van der Waals surface area contributed by atoms with Crippen molar-refractivity contribution in [1.82, 2.24) is 0 Å². The first-order valence-electron chi connectivity index (χ1n) is 5.24. The van der Waals surface area contributed by atoms with Gasteiger partial charge in [-0.25, -0.2) is 8.42 Å². The topological polar surface area (TPSA) is 74.7 Å². The van der Waals surface area contributed by atoms with Crippen molar-refractivity contribution in [3.63, 3.8) is 0 Å². The number of carboxylic acids is 1. The summed E-state index contributed by atoms with van der Waals surface area (Å²) in [5.41, 5.74) is 0.378. The molecule has 0 bridgehead atoms. The molecule has 6 heteroatoms. The largest absolute Gasteiger partial charge is 0.480 e. The van der Waals surface area contributed by atoms with Gasteiger partial charge in [0.2, 0.25) is 10.0 Å². The van der Waals surface area contributed by atoms with Crippen molar-refractivity contribution in [2.24, 2.45) is 0 Å². The molecule has 0 aliphatic rings. The lowest BCUT2D eigenvalue weighted by Gasteiger charge is -2.22. The number of carbonyl (C=O) groups is 1. The van der Waals surface area contributed by atoms with Crippen molar-refractivity contribution in [3.8, 4) is 0 Å². The van der Waals surface area contributed by atoms with Crippen LogP contribution in [0.25, 0.3) is 0 Å². The van der Waals surface area contributed by atoms with Crippen molar-refractivity contribution < 1.29 is 18.3 Å². The van der Waals surface area contributed by atoms with Crippen LogP contribution in [0.15, 0.2) is 30.3 Å². The van der Waals surface area contributed by atoms with Crippen LogP contribution in [0.1, 0.15) is 13.3 Å². The van der Waals surface area contributed by atoms with E-state index < -0.39 is 22.5 Å². The Hall–Kier alpha value is -1.56. The van der Waals surface area contributed by atoms with E-state index >= 15 is 0 Å². The molecule has 1 rings (SSSR count). The van der Waals surface area contributed by atoms with Gasteiger partial charge in [-0.1, -0.05) is 25.1 Å². The molecular weight excluding hydrogens is 242 g/mol. The van der Waals surface area contributed by atoms with Crippen LogP contribution in [-0.2, 0) is 14.8 Å². The van der Waals surface area contributed by atoms with Gasteiger partial charge in [0, 0.05) is 0 Å². The minimum atomic E-state index is -3.57. The number of nitrogens with zero attached hydrogens (tertiary/aromatic N) is 1. The predicted molar refractivity (Wildman–Crippen MR) is 65.5 cm³/mol. The van der Waals surface area contributed by atoms with Gasteiger partial charge >= 0.3 is 5.97 Å². The maximum atomic E-state index is 11.9. The fourth-order valence-electron chi connectivity index (χ4n) is 1.44. The van der Waals surface area contributed by atoms with Gasteiger partial charge in [-0.3, -0.25) is 9.10 Å². The maximum Gasteiger partial charge on any atom is 0.324 e. The smallest absolute Gasteiger partial charge is 0.324 e. The zero-order valence-electron chi connectivity index (χ0n) is 9.54. The lowest BCUT2D eigenvalue weighted by atomic mass is 10.3. The zero-order valence-corrected chi connectivity index (χ0v) is 10.4. The molecule has 5 nitrogen and oxygen atoms in total. The Labute approximate surface area is 101 Å². The quantitative estimate of drug-likeness (QED) is 0.834. The van der Waals surface area contributed by atoms with Crippen molar-refractivity contribution >= 4 is 21.7 Å². The summed E-state index contributed by atoms with van der Waals surface area (Å²) in [6.07, 6.45) is 0.450. The van der Waals surface area contributed by atoms with Crippen molar-refractivity contribution in [2.75, 3.05) is 16.6 Å². The van der Waals surface area contributed by atoms with E-state index in [-0.39, 0.29) is 5.75 Å². The summed E-state index contributed by atoms with van der Waals surface area (Å²) in [4.78, 5) is 10.7. The second kappa shape index (κ2) is 5.67. The van der Waals surface area contributed by atoms with E-state index in [4.69, 9.17) is 5.11 Å². The molecule has 1 aromatic carbocycles. The third-order valence-electron chi connectivity index (χ3n) is 2.12. The molecule has 94 valence electrons. The normalized spacial score (nSPS) is 11.1. The van der Waals surface area contributed by atoms with E-state index in [9.17, 15) is 13.2 Å². The molecule has 17 heavy (non-hydrogen) atoms. The molecule has 1 aromatic rings. The van der Waals surface area contributed by atoms with Gasteiger partial charge in [0.25, 0.3) is 0 Å². The molecule has 0 aromatic heterocycles. The summed E-state index contributed by atoms with van der Waals surface area (Å²) in [6, 6.07) is 8.25. The number of para-hydroxylation sites is 1. The van der Waals surface area contributed by atoms with Crippen LogP contribution < -0.4 is 4.31 Å². The summed E-state index contributed by atoms with van der Waals surface area (Å²) in [6.45, 7) is 1.19. The average Bonchev–Trinajstić information content (AvgIpc) is 2.26. The highest BCUT2D eigenvalue weighted by molar-refractivity contribution is 7.92. The van der Waals surface area contributed by atoms with Gasteiger partial charge < -0.3 is 5.11 Å². The van der Waals surface area contributed by atoms with E-state index in [0.717, 1.165) is 4.31 Å². The van der Waals surface area contributed by atoms with Crippen molar-refractivity contribution in [2.45, 2.75) is 13.3 Å². The molecule has 0 radical (unpaired) electrons. The molecule has 0 amide bonds. The molecule has 1 N–H and O–H groups in total. The van der Waals surface area contributed by atoms with Crippen LogP contribution in [0.5, 0.6) is 0 Å².